The first-order chi connectivity index (χ1) is 15.6. The maximum Gasteiger partial charge on any atom is 0.279 e. The summed E-state index contributed by atoms with van der Waals surface area (Å²) in [6, 6.07) is -0.0874. The van der Waals surface area contributed by atoms with Crippen LogP contribution in [0.4, 0.5) is 8.78 Å². The fraction of sp³-hybridized carbons (Fsp3) is 0.708. The van der Waals surface area contributed by atoms with Crippen LogP contribution in [0.3, 0.4) is 0 Å². The number of hydrogen-bond acceptors (Lipinski definition) is 5. The first kappa shape index (κ1) is 25.3. The molecule has 0 aromatic heterocycles. The quantitative estimate of drug-likeness (QED) is 0.310. The van der Waals surface area contributed by atoms with Gasteiger partial charge in [-0.05, 0) is 75.3 Å². The number of aliphatic hydroxyl groups is 1. The minimum absolute atomic E-state index is 0.0423. The molecule has 4 saturated carbocycles. The van der Waals surface area contributed by atoms with Crippen LogP contribution in [-0.4, -0.2) is 56.3 Å². The fourth-order valence-electron chi connectivity index (χ4n) is 6.23. The molecule has 4 bridgehead atoms. The van der Waals surface area contributed by atoms with Crippen molar-refractivity contribution in [3.63, 3.8) is 0 Å². The summed E-state index contributed by atoms with van der Waals surface area (Å²) in [5.74, 6) is 0.227. The van der Waals surface area contributed by atoms with Crippen LogP contribution in [0, 0.1) is 28.6 Å². The van der Waals surface area contributed by atoms with E-state index in [9.17, 15) is 23.5 Å². The Morgan fingerprint density at radius 3 is 2.36 bits per heavy atom. The molecule has 4 rings (SSSR count). The summed E-state index contributed by atoms with van der Waals surface area (Å²) in [6.45, 7) is 3.48. The Morgan fingerprint density at radius 2 is 1.85 bits per heavy atom. The number of carbonyl (C=O) groups is 2. The van der Waals surface area contributed by atoms with Gasteiger partial charge in [0.25, 0.3) is 12.3 Å². The molecule has 4 aliphatic carbocycles. The molecular weight excluding hydrogens is 430 g/mol. The molecule has 0 heterocycles. The van der Waals surface area contributed by atoms with Gasteiger partial charge in [-0.2, -0.15) is 0 Å². The Hall–Kier alpha value is -2.29. The lowest BCUT2D eigenvalue weighted by Gasteiger charge is -2.59. The molecule has 4 aliphatic rings. The molecule has 2 atom stereocenters. The summed E-state index contributed by atoms with van der Waals surface area (Å²) in [5, 5.41) is 18.0. The Bertz CT molecular complexity index is 837. The van der Waals surface area contributed by atoms with Crippen molar-refractivity contribution in [3.05, 3.63) is 23.5 Å². The molecule has 0 saturated heterocycles. The van der Waals surface area contributed by atoms with Crippen molar-refractivity contribution in [2.45, 2.75) is 58.4 Å². The van der Waals surface area contributed by atoms with Gasteiger partial charge in [-0.25, -0.2) is 8.78 Å². The summed E-state index contributed by atoms with van der Waals surface area (Å²) in [4.78, 5) is 28.9. The van der Waals surface area contributed by atoms with Gasteiger partial charge >= 0.3 is 0 Å². The smallest absolute Gasteiger partial charge is 0.279 e. The van der Waals surface area contributed by atoms with Crippen LogP contribution in [-0.2, 0) is 9.59 Å². The van der Waals surface area contributed by atoms with Crippen molar-refractivity contribution in [1.29, 1.82) is 0 Å². The van der Waals surface area contributed by atoms with Gasteiger partial charge in [0.15, 0.2) is 0 Å². The van der Waals surface area contributed by atoms with E-state index in [0.29, 0.717) is 5.92 Å². The summed E-state index contributed by atoms with van der Waals surface area (Å²) >= 11 is 0. The molecule has 4 fully saturated rings. The van der Waals surface area contributed by atoms with E-state index in [2.05, 4.69) is 20.9 Å². The second-order valence-corrected chi connectivity index (χ2v) is 10.4. The lowest BCUT2D eigenvalue weighted by molar-refractivity contribution is -0.127. The summed E-state index contributed by atoms with van der Waals surface area (Å²) in [5.41, 5.74) is -1.74. The maximum atomic E-state index is 13.9. The zero-order chi connectivity index (χ0) is 24.4. The van der Waals surface area contributed by atoms with Crippen molar-refractivity contribution in [2.75, 3.05) is 20.7 Å². The molecule has 2 unspecified atom stereocenters. The van der Waals surface area contributed by atoms with Crippen molar-refractivity contribution in [2.24, 2.45) is 33.6 Å². The van der Waals surface area contributed by atoms with Crippen LogP contribution < -0.4 is 16.0 Å². The first-order valence-corrected chi connectivity index (χ1v) is 11.6. The highest BCUT2D eigenvalue weighted by atomic mass is 19.3. The SMILES string of the molecule is CN=C/C(C(=O)NC1C2CC3CC1CC(CO)(C3)C2)=C(\N/C=C/C(C)(C)C(=O)NC)C(F)F. The van der Waals surface area contributed by atoms with Crippen molar-refractivity contribution < 1.29 is 23.5 Å². The number of halogens is 2. The number of alkyl halides is 2. The molecule has 7 nitrogen and oxygen atoms in total. The molecule has 9 heteroatoms. The average molecular weight is 467 g/mol. The third-order valence-corrected chi connectivity index (χ3v) is 7.60. The van der Waals surface area contributed by atoms with E-state index in [1.54, 1.807) is 13.8 Å². The minimum Gasteiger partial charge on any atom is -0.396 e. The van der Waals surface area contributed by atoms with E-state index in [1.807, 2.05) is 0 Å². The predicted octanol–water partition coefficient (Wildman–Crippen LogP) is 2.39. The largest absolute Gasteiger partial charge is 0.396 e. The summed E-state index contributed by atoms with van der Waals surface area (Å²) < 4.78 is 27.9. The van der Waals surface area contributed by atoms with Gasteiger partial charge in [-0.1, -0.05) is 6.08 Å². The van der Waals surface area contributed by atoms with Gasteiger partial charge in [-0.3, -0.25) is 14.6 Å². The Kier molecular flexibility index (Phi) is 7.61. The highest BCUT2D eigenvalue weighted by molar-refractivity contribution is 6.13. The van der Waals surface area contributed by atoms with Crippen molar-refractivity contribution in [1.82, 2.24) is 16.0 Å². The maximum absolute atomic E-state index is 13.9. The minimum atomic E-state index is -2.94. The molecule has 0 radical (unpaired) electrons. The molecule has 0 spiro atoms. The van der Waals surface area contributed by atoms with Gasteiger partial charge in [0.1, 0.15) is 0 Å². The number of rotatable bonds is 9. The number of nitrogens with zero attached hydrogens (tertiary/aromatic N) is 1. The van der Waals surface area contributed by atoms with Crippen LogP contribution in [0.25, 0.3) is 0 Å². The Morgan fingerprint density at radius 1 is 1.21 bits per heavy atom. The topological polar surface area (TPSA) is 103 Å². The van der Waals surface area contributed by atoms with Gasteiger partial charge < -0.3 is 21.1 Å². The van der Waals surface area contributed by atoms with Crippen molar-refractivity contribution in [3.8, 4) is 0 Å². The van der Waals surface area contributed by atoms with E-state index >= 15 is 0 Å². The third-order valence-electron chi connectivity index (χ3n) is 7.60. The fourth-order valence-corrected chi connectivity index (χ4v) is 6.23. The van der Waals surface area contributed by atoms with Gasteiger partial charge in [0.05, 0.1) is 16.7 Å². The third kappa shape index (κ3) is 5.28. The van der Waals surface area contributed by atoms with Crippen LogP contribution in [0.15, 0.2) is 28.5 Å². The average Bonchev–Trinajstić information content (AvgIpc) is 2.76. The van der Waals surface area contributed by atoms with Crippen molar-refractivity contribution >= 4 is 18.0 Å². The summed E-state index contributed by atoms with van der Waals surface area (Å²) in [7, 11) is 2.93. The van der Waals surface area contributed by atoms with Gasteiger partial charge in [0.2, 0.25) is 5.91 Å². The summed E-state index contributed by atoms with van der Waals surface area (Å²) in [6.07, 6.45) is 5.71. The molecule has 0 aromatic rings. The number of allylic oxidation sites excluding steroid dienone is 1. The second kappa shape index (κ2) is 9.91. The second-order valence-electron chi connectivity index (χ2n) is 10.4. The molecule has 0 aromatic carbocycles. The number of aliphatic imine (C=N–C) groups is 1. The normalized spacial score (nSPS) is 31.9. The lowest BCUT2D eigenvalue weighted by Crippen LogP contribution is -2.60. The van der Waals surface area contributed by atoms with Gasteiger partial charge in [-0.15, -0.1) is 0 Å². The van der Waals surface area contributed by atoms with Crippen LogP contribution in [0.2, 0.25) is 0 Å². The standard InChI is InChI=1S/C24H36F2N4O3/c1-23(2,22(33)28-4)5-6-29-19(20(25)26)17(12-27-3)21(32)30-18-15-7-14-8-16(18)11-24(9-14,10-15)13-31/h5-6,12,14-16,18,20,29,31H,7-11,13H2,1-4H3,(H,28,33)(H,30,32)/b6-5+,19-17+,27-12?. The van der Waals surface area contributed by atoms with E-state index in [-0.39, 0.29) is 41.4 Å². The molecule has 2 amide bonds. The van der Waals surface area contributed by atoms with E-state index < -0.39 is 23.4 Å². The van der Waals surface area contributed by atoms with E-state index in [0.717, 1.165) is 38.3 Å². The highest BCUT2D eigenvalue weighted by Gasteiger charge is 2.55. The number of hydrogen-bond donors (Lipinski definition) is 4. The number of carbonyl (C=O) groups excluding carboxylic acids is 2. The molecule has 0 aliphatic heterocycles. The zero-order valence-corrected chi connectivity index (χ0v) is 19.8. The van der Waals surface area contributed by atoms with E-state index in [1.165, 1.54) is 26.4 Å². The molecule has 184 valence electrons. The number of nitrogens with one attached hydrogen (secondary N) is 3. The molecular formula is C24H36F2N4O3. The Balaban J connectivity index is 1.79. The molecule has 4 N–H and O–H groups in total. The number of aliphatic hydroxyl groups excluding tert-OH is 1. The highest BCUT2D eigenvalue weighted by Crippen LogP contribution is 2.59. The van der Waals surface area contributed by atoms with Crippen LogP contribution in [0.1, 0.15) is 46.0 Å². The lowest BCUT2D eigenvalue weighted by atomic mass is 9.48. The van der Waals surface area contributed by atoms with E-state index in [4.69, 9.17) is 0 Å². The van der Waals surface area contributed by atoms with Crippen LogP contribution in [0.5, 0.6) is 0 Å². The Labute approximate surface area is 194 Å². The first-order valence-electron chi connectivity index (χ1n) is 11.6. The van der Waals surface area contributed by atoms with Gasteiger partial charge in [0, 0.05) is 33.0 Å². The van der Waals surface area contributed by atoms with Crippen LogP contribution >= 0.6 is 0 Å². The molecule has 33 heavy (non-hydrogen) atoms. The predicted molar refractivity (Wildman–Crippen MR) is 123 cm³/mol. The zero-order valence-electron chi connectivity index (χ0n) is 19.8. The number of amides is 2. The monoisotopic (exact) mass is 466 g/mol.